The standard InChI is InChI=1S/C10H24N2O/c1-3-5-7-9-10(13-12-11)8-6-4-2/h10,12H,3-9,11H2,1-2H3. The third kappa shape index (κ3) is 8.22. The summed E-state index contributed by atoms with van der Waals surface area (Å²) in [5.74, 6) is 5.13. The van der Waals surface area contributed by atoms with E-state index in [0.717, 1.165) is 12.8 Å². The highest BCUT2D eigenvalue weighted by atomic mass is 16.7. The Kier molecular flexibility index (Phi) is 9.87. The lowest BCUT2D eigenvalue weighted by Gasteiger charge is -2.15. The van der Waals surface area contributed by atoms with Crippen LogP contribution in [0.3, 0.4) is 0 Å². The lowest BCUT2D eigenvalue weighted by Crippen LogP contribution is -2.29. The van der Waals surface area contributed by atoms with Crippen LogP contribution in [0.4, 0.5) is 0 Å². The molecule has 80 valence electrons. The van der Waals surface area contributed by atoms with Gasteiger partial charge in [0.1, 0.15) is 0 Å². The molecule has 0 aliphatic rings. The molecule has 0 heterocycles. The van der Waals surface area contributed by atoms with Gasteiger partial charge in [-0.05, 0) is 12.8 Å². The van der Waals surface area contributed by atoms with Crippen LogP contribution >= 0.6 is 0 Å². The molecule has 1 atom stereocenters. The highest BCUT2D eigenvalue weighted by Crippen LogP contribution is 2.11. The van der Waals surface area contributed by atoms with Gasteiger partial charge in [0.15, 0.2) is 0 Å². The molecule has 0 amide bonds. The number of rotatable bonds is 9. The largest absolute Gasteiger partial charge is 0.284 e. The van der Waals surface area contributed by atoms with Crippen LogP contribution in [0.15, 0.2) is 0 Å². The first-order valence-electron chi connectivity index (χ1n) is 5.46. The van der Waals surface area contributed by atoms with Crippen LogP contribution in [0.25, 0.3) is 0 Å². The molecule has 0 aromatic carbocycles. The monoisotopic (exact) mass is 188 g/mol. The molecule has 0 spiro atoms. The lowest BCUT2D eigenvalue weighted by atomic mass is 10.1. The summed E-state index contributed by atoms with van der Waals surface area (Å²) < 4.78 is 0. The van der Waals surface area contributed by atoms with Crippen molar-refractivity contribution < 1.29 is 4.84 Å². The van der Waals surface area contributed by atoms with Crippen molar-refractivity contribution in [2.75, 3.05) is 0 Å². The minimum atomic E-state index is 0.302. The fraction of sp³-hybridized carbons (Fsp3) is 1.00. The molecular formula is C10H24N2O. The maximum atomic E-state index is 5.22. The van der Waals surface area contributed by atoms with Gasteiger partial charge in [0.2, 0.25) is 0 Å². The molecule has 3 heteroatoms. The molecule has 0 radical (unpaired) electrons. The van der Waals surface area contributed by atoms with Gasteiger partial charge in [-0.25, -0.2) is 5.84 Å². The Labute approximate surface area is 82.0 Å². The highest BCUT2D eigenvalue weighted by molar-refractivity contribution is 4.57. The summed E-state index contributed by atoms with van der Waals surface area (Å²) in [5.41, 5.74) is 2.30. The molecule has 0 aromatic heterocycles. The Morgan fingerprint density at radius 1 is 1.08 bits per heavy atom. The van der Waals surface area contributed by atoms with E-state index in [1.807, 2.05) is 0 Å². The van der Waals surface area contributed by atoms with Crippen molar-refractivity contribution in [3.8, 4) is 0 Å². The molecule has 0 aliphatic heterocycles. The van der Waals surface area contributed by atoms with E-state index in [2.05, 4.69) is 19.4 Å². The minimum absolute atomic E-state index is 0.302. The SMILES string of the molecule is CCCCCC(CCCC)ONN. The van der Waals surface area contributed by atoms with Crippen LogP contribution in [0, 0.1) is 0 Å². The fourth-order valence-corrected chi connectivity index (χ4v) is 1.41. The van der Waals surface area contributed by atoms with Gasteiger partial charge in [-0.15, -0.1) is 5.59 Å². The van der Waals surface area contributed by atoms with Crippen molar-refractivity contribution >= 4 is 0 Å². The van der Waals surface area contributed by atoms with Gasteiger partial charge in [-0.2, -0.15) is 0 Å². The van der Waals surface area contributed by atoms with Crippen molar-refractivity contribution in [3.63, 3.8) is 0 Å². The van der Waals surface area contributed by atoms with E-state index in [1.165, 1.54) is 32.1 Å². The van der Waals surface area contributed by atoms with Crippen molar-refractivity contribution in [1.82, 2.24) is 5.59 Å². The van der Waals surface area contributed by atoms with E-state index in [1.54, 1.807) is 0 Å². The Hall–Kier alpha value is -0.120. The van der Waals surface area contributed by atoms with Gasteiger partial charge in [0, 0.05) is 0 Å². The van der Waals surface area contributed by atoms with Crippen LogP contribution in [0.5, 0.6) is 0 Å². The summed E-state index contributed by atoms with van der Waals surface area (Å²) in [7, 11) is 0. The Balaban J connectivity index is 3.41. The van der Waals surface area contributed by atoms with Crippen LogP contribution in [0.2, 0.25) is 0 Å². The molecule has 0 bridgehead atoms. The molecule has 13 heavy (non-hydrogen) atoms. The average molecular weight is 188 g/mol. The fourth-order valence-electron chi connectivity index (χ4n) is 1.41. The topological polar surface area (TPSA) is 47.3 Å². The van der Waals surface area contributed by atoms with Gasteiger partial charge in [0.05, 0.1) is 6.10 Å². The highest BCUT2D eigenvalue weighted by Gasteiger charge is 2.07. The van der Waals surface area contributed by atoms with E-state index in [4.69, 9.17) is 10.7 Å². The summed E-state index contributed by atoms with van der Waals surface area (Å²) in [6.45, 7) is 4.40. The van der Waals surface area contributed by atoms with E-state index < -0.39 is 0 Å². The van der Waals surface area contributed by atoms with Crippen LogP contribution in [-0.4, -0.2) is 6.10 Å². The molecule has 0 saturated carbocycles. The van der Waals surface area contributed by atoms with Gasteiger partial charge in [-0.1, -0.05) is 46.0 Å². The quantitative estimate of drug-likeness (QED) is 0.332. The minimum Gasteiger partial charge on any atom is -0.284 e. The van der Waals surface area contributed by atoms with Gasteiger partial charge in [0.25, 0.3) is 0 Å². The van der Waals surface area contributed by atoms with E-state index in [0.29, 0.717) is 6.10 Å². The van der Waals surface area contributed by atoms with Crippen molar-refractivity contribution in [2.45, 2.75) is 64.9 Å². The summed E-state index contributed by atoms with van der Waals surface area (Å²) in [6.07, 6.45) is 8.77. The second-order valence-electron chi connectivity index (χ2n) is 3.50. The molecule has 3 nitrogen and oxygen atoms in total. The second-order valence-corrected chi connectivity index (χ2v) is 3.50. The smallest absolute Gasteiger partial charge is 0.0806 e. The maximum Gasteiger partial charge on any atom is 0.0806 e. The Bertz CT molecular complexity index is 98.9. The molecule has 0 fully saturated rings. The van der Waals surface area contributed by atoms with Gasteiger partial charge >= 0.3 is 0 Å². The maximum absolute atomic E-state index is 5.22. The molecule has 1 unspecified atom stereocenters. The normalized spacial score (nSPS) is 13.2. The van der Waals surface area contributed by atoms with Gasteiger partial charge in [-0.3, -0.25) is 4.84 Å². The number of hydrogen-bond donors (Lipinski definition) is 2. The molecule has 0 saturated heterocycles. The molecular weight excluding hydrogens is 164 g/mol. The summed E-state index contributed by atoms with van der Waals surface area (Å²) >= 11 is 0. The zero-order valence-corrected chi connectivity index (χ0v) is 9.01. The Morgan fingerprint density at radius 2 is 1.69 bits per heavy atom. The summed E-state index contributed by atoms with van der Waals surface area (Å²) in [4.78, 5) is 5.22. The number of hydrogen-bond acceptors (Lipinski definition) is 3. The van der Waals surface area contributed by atoms with Crippen molar-refractivity contribution in [3.05, 3.63) is 0 Å². The zero-order valence-electron chi connectivity index (χ0n) is 9.01. The van der Waals surface area contributed by atoms with Crippen LogP contribution in [0.1, 0.15) is 58.8 Å². The first-order valence-corrected chi connectivity index (χ1v) is 5.46. The average Bonchev–Trinajstić information content (AvgIpc) is 2.14. The summed E-state index contributed by atoms with van der Waals surface area (Å²) in [6, 6.07) is 0. The number of nitrogens with one attached hydrogen (secondary N) is 1. The molecule has 3 N–H and O–H groups in total. The van der Waals surface area contributed by atoms with Crippen LogP contribution < -0.4 is 11.4 Å². The number of hydrazine groups is 1. The lowest BCUT2D eigenvalue weighted by molar-refractivity contribution is -0.0353. The Morgan fingerprint density at radius 3 is 2.23 bits per heavy atom. The van der Waals surface area contributed by atoms with Crippen molar-refractivity contribution in [2.24, 2.45) is 5.84 Å². The number of nitrogens with two attached hydrogens (primary N) is 1. The van der Waals surface area contributed by atoms with Crippen molar-refractivity contribution in [1.29, 1.82) is 0 Å². The first-order chi connectivity index (χ1) is 6.35. The van der Waals surface area contributed by atoms with E-state index >= 15 is 0 Å². The molecule has 0 rings (SSSR count). The number of unbranched alkanes of at least 4 members (excludes halogenated alkanes) is 3. The van der Waals surface area contributed by atoms with E-state index in [9.17, 15) is 0 Å². The second kappa shape index (κ2) is 9.96. The third-order valence-electron chi connectivity index (χ3n) is 2.24. The van der Waals surface area contributed by atoms with E-state index in [-0.39, 0.29) is 0 Å². The van der Waals surface area contributed by atoms with Gasteiger partial charge < -0.3 is 0 Å². The molecule has 0 aromatic rings. The third-order valence-corrected chi connectivity index (χ3v) is 2.24. The summed E-state index contributed by atoms with van der Waals surface area (Å²) in [5, 5.41) is 0. The first kappa shape index (κ1) is 12.9. The predicted molar refractivity (Wildman–Crippen MR) is 55.9 cm³/mol. The zero-order chi connectivity index (χ0) is 9.94. The molecule has 0 aliphatic carbocycles. The predicted octanol–water partition coefficient (Wildman–Crippen LogP) is 2.52. The van der Waals surface area contributed by atoms with Crippen LogP contribution in [-0.2, 0) is 4.84 Å².